The first-order chi connectivity index (χ1) is 9.41. The number of rotatable bonds is 8. The molecule has 1 aromatic heterocycles. The number of unbranched alkanes of at least 4 members (excludes halogenated alkanes) is 1. The van der Waals surface area contributed by atoms with Crippen molar-refractivity contribution >= 4 is 27.3 Å². The molecule has 1 amide bonds. The Bertz CT molecular complexity index is 538. The molecule has 0 saturated carbocycles. The smallest absolute Gasteiger partial charge is 0.252 e. The van der Waals surface area contributed by atoms with Crippen LogP contribution in [-0.2, 0) is 21.4 Å². The second-order valence-electron chi connectivity index (χ2n) is 4.48. The van der Waals surface area contributed by atoms with E-state index in [1.165, 1.54) is 22.6 Å². The molecule has 0 fully saturated rings. The Hall–Kier alpha value is -0.920. The van der Waals surface area contributed by atoms with Crippen molar-refractivity contribution in [1.29, 1.82) is 0 Å². The second-order valence-corrected chi connectivity index (χ2v) is 7.81. The summed E-state index contributed by atoms with van der Waals surface area (Å²) in [5.74, 6) is -0.124. The lowest BCUT2D eigenvalue weighted by Crippen LogP contribution is -2.31. The topological polar surface area (TPSA) is 66.5 Å². The van der Waals surface area contributed by atoms with Crippen LogP contribution in [0.15, 0.2) is 16.3 Å². The van der Waals surface area contributed by atoms with E-state index in [1.807, 2.05) is 13.8 Å². The standard InChI is InChI=1S/C13H22N2O3S2/c1-4-6-9-15(5-2)20(17,18)13-8-7-12(19-13)10-14-11(3)16/h7-8H,4-6,9-10H2,1-3H3,(H,14,16). The van der Waals surface area contributed by atoms with Gasteiger partial charge in [-0.25, -0.2) is 8.42 Å². The summed E-state index contributed by atoms with van der Waals surface area (Å²) in [5.41, 5.74) is 0. The van der Waals surface area contributed by atoms with E-state index in [1.54, 1.807) is 12.1 Å². The first-order valence-corrected chi connectivity index (χ1v) is 9.00. The van der Waals surface area contributed by atoms with Gasteiger partial charge in [-0.2, -0.15) is 4.31 Å². The van der Waals surface area contributed by atoms with Gasteiger partial charge >= 0.3 is 0 Å². The Morgan fingerprint density at radius 1 is 1.35 bits per heavy atom. The molecule has 1 N–H and O–H groups in total. The van der Waals surface area contributed by atoms with Gasteiger partial charge in [-0.3, -0.25) is 4.79 Å². The van der Waals surface area contributed by atoms with Crippen molar-refractivity contribution < 1.29 is 13.2 Å². The predicted octanol–water partition coefficient (Wildman–Crippen LogP) is 2.19. The van der Waals surface area contributed by atoms with Gasteiger partial charge in [0.1, 0.15) is 4.21 Å². The summed E-state index contributed by atoms with van der Waals surface area (Å²) in [6.07, 6.45) is 1.82. The molecule has 1 aromatic rings. The first kappa shape index (κ1) is 17.1. The summed E-state index contributed by atoms with van der Waals surface area (Å²) >= 11 is 1.21. The van der Waals surface area contributed by atoms with Crippen LogP contribution in [-0.4, -0.2) is 31.7 Å². The lowest BCUT2D eigenvalue weighted by molar-refractivity contribution is -0.119. The molecular formula is C13H22N2O3S2. The Balaban J connectivity index is 2.83. The van der Waals surface area contributed by atoms with E-state index in [4.69, 9.17) is 0 Å². The molecule has 0 aliphatic rings. The van der Waals surface area contributed by atoms with Crippen LogP contribution in [0.4, 0.5) is 0 Å². The van der Waals surface area contributed by atoms with E-state index in [2.05, 4.69) is 5.32 Å². The van der Waals surface area contributed by atoms with Crippen LogP contribution in [0.25, 0.3) is 0 Å². The van der Waals surface area contributed by atoms with Gasteiger partial charge in [0.2, 0.25) is 5.91 Å². The van der Waals surface area contributed by atoms with Gasteiger partial charge in [0.05, 0.1) is 6.54 Å². The zero-order valence-corrected chi connectivity index (χ0v) is 13.8. The minimum atomic E-state index is -3.40. The highest BCUT2D eigenvalue weighted by Gasteiger charge is 2.24. The van der Waals surface area contributed by atoms with Crippen LogP contribution in [0.1, 0.15) is 38.5 Å². The zero-order chi connectivity index (χ0) is 15.2. The number of hydrogen-bond donors (Lipinski definition) is 1. The highest BCUT2D eigenvalue weighted by molar-refractivity contribution is 7.91. The van der Waals surface area contributed by atoms with Gasteiger partial charge in [0.25, 0.3) is 10.0 Å². The van der Waals surface area contributed by atoms with Gasteiger partial charge in [-0.05, 0) is 18.6 Å². The van der Waals surface area contributed by atoms with Crippen molar-refractivity contribution in [3.63, 3.8) is 0 Å². The molecule has 114 valence electrons. The van der Waals surface area contributed by atoms with Gasteiger partial charge in [-0.15, -0.1) is 11.3 Å². The predicted molar refractivity (Wildman–Crippen MR) is 81.2 cm³/mol. The third-order valence-electron chi connectivity index (χ3n) is 2.86. The van der Waals surface area contributed by atoms with Gasteiger partial charge in [0, 0.05) is 24.9 Å². The molecule has 0 bridgehead atoms. The minimum Gasteiger partial charge on any atom is -0.351 e. The molecule has 5 nitrogen and oxygen atoms in total. The lowest BCUT2D eigenvalue weighted by atomic mass is 10.3. The molecule has 1 rings (SSSR count). The molecule has 1 heterocycles. The number of nitrogens with zero attached hydrogens (tertiary/aromatic N) is 1. The summed E-state index contributed by atoms with van der Waals surface area (Å²) in [4.78, 5) is 11.7. The van der Waals surface area contributed by atoms with Crippen molar-refractivity contribution in [1.82, 2.24) is 9.62 Å². The Kier molecular flexibility index (Phi) is 6.64. The normalized spacial score (nSPS) is 11.8. The van der Waals surface area contributed by atoms with Gasteiger partial charge in [0.15, 0.2) is 0 Å². The van der Waals surface area contributed by atoms with Crippen molar-refractivity contribution in [3.8, 4) is 0 Å². The van der Waals surface area contributed by atoms with Gasteiger partial charge < -0.3 is 5.32 Å². The number of sulfonamides is 1. The third-order valence-corrected chi connectivity index (χ3v) is 6.38. The molecular weight excluding hydrogens is 296 g/mol. The van der Waals surface area contributed by atoms with E-state index in [9.17, 15) is 13.2 Å². The molecule has 0 aliphatic heterocycles. The molecule has 20 heavy (non-hydrogen) atoms. The monoisotopic (exact) mass is 318 g/mol. The number of amides is 1. The maximum atomic E-state index is 12.5. The SMILES string of the molecule is CCCCN(CC)S(=O)(=O)c1ccc(CNC(C)=O)s1. The molecule has 0 aromatic carbocycles. The molecule has 0 radical (unpaired) electrons. The Labute approximate surface area is 125 Å². The highest BCUT2D eigenvalue weighted by Crippen LogP contribution is 2.25. The molecule has 0 spiro atoms. The van der Waals surface area contributed by atoms with Crippen LogP contribution in [0.2, 0.25) is 0 Å². The van der Waals surface area contributed by atoms with E-state index in [0.29, 0.717) is 23.8 Å². The van der Waals surface area contributed by atoms with E-state index < -0.39 is 10.0 Å². The van der Waals surface area contributed by atoms with Crippen molar-refractivity contribution in [2.45, 2.75) is 44.4 Å². The maximum Gasteiger partial charge on any atom is 0.252 e. The van der Waals surface area contributed by atoms with E-state index in [0.717, 1.165) is 17.7 Å². The average Bonchev–Trinajstić information content (AvgIpc) is 2.86. The van der Waals surface area contributed by atoms with Crippen LogP contribution >= 0.6 is 11.3 Å². The molecule has 0 unspecified atom stereocenters. The second kappa shape index (κ2) is 7.75. The van der Waals surface area contributed by atoms with E-state index in [-0.39, 0.29) is 5.91 Å². The maximum absolute atomic E-state index is 12.5. The summed E-state index contributed by atoms with van der Waals surface area (Å²) in [6, 6.07) is 3.37. The number of carbonyl (C=O) groups excluding carboxylic acids is 1. The summed E-state index contributed by atoms with van der Waals surface area (Å²) in [5, 5.41) is 2.67. The number of carbonyl (C=O) groups is 1. The minimum absolute atomic E-state index is 0.124. The third kappa shape index (κ3) is 4.57. The van der Waals surface area contributed by atoms with Crippen molar-refractivity contribution in [3.05, 3.63) is 17.0 Å². The summed E-state index contributed by atoms with van der Waals surface area (Å²) in [6.45, 7) is 6.72. The highest BCUT2D eigenvalue weighted by atomic mass is 32.2. The Morgan fingerprint density at radius 3 is 2.60 bits per heavy atom. The zero-order valence-electron chi connectivity index (χ0n) is 12.2. The van der Waals surface area contributed by atoms with Gasteiger partial charge in [-0.1, -0.05) is 20.3 Å². The van der Waals surface area contributed by atoms with Crippen molar-refractivity contribution in [2.75, 3.05) is 13.1 Å². The molecule has 0 saturated heterocycles. The van der Waals surface area contributed by atoms with E-state index >= 15 is 0 Å². The van der Waals surface area contributed by atoms with Crippen LogP contribution in [0, 0.1) is 0 Å². The fraction of sp³-hybridized carbons (Fsp3) is 0.615. The number of hydrogen-bond acceptors (Lipinski definition) is 4. The van der Waals surface area contributed by atoms with Crippen molar-refractivity contribution in [2.24, 2.45) is 0 Å². The largest absolute Gasteiger partial charge is 0.351 e. The van der Waals surface area contributed by atoms with Crippen LogP contribution < -0.4 is 5.32 Å². The quantitative estimate of drug-likeness (QED) is 0.799. The summed E-state index contributed by atoms with van der Waals surface area (Å²) < 4.78 is 26.8. The van der Waals surface area contributed by atoms with Crippen LogP contribution in [0.3, 0.4) is 0 Å². The summed E-state index contributed by atoms with van der Waals surface area (Å²) in [7, 11) is -3.40. The molecule has 0 aliphatic carbocycles. The average molecular weight is 318 g/mol. The lowest BCUT2D eigenvalue weighted by Gasteiger charge is -2.18. The molecule has 0 atom stereocenters. The fourth-order valence-electron chi connectivity index (χ4n) is 1.71. The first-order valence-electron chi connectivity index (χ1n) is 6.75. The number of thiophene rings is 1. The fourth-order valence-corrected chi connectivity index (χ4v) is 4.65. The Morgan fingerprint density at radius 2 is 2.05 bits per heavy atom. The number of nitrogens with one attached hydrogen (secondary N) is 1. The van der Waals surface area contributed by atoms with Crippen LogP contribution in [0.5, 0.6) is 0 Å². The molecule has 7 heteroatoms.